The van der Waals surface area contributed by atoms with Crippen molar-refractivity contribution in [1.29, 1.82) is 0 Å². The van der Waals surface area contributed by atoms with Crippen molar-refractivity contribution < 1.29 is 0 Å². The zero-order valence-electron chi connectivity index (χ0n) is 15.8. The van der Waals surface area contributed by atoms with Crippen LogP contribution in [-0.2, 0) is 6.54 Å². The molecule has 0 saturated carbocycles. The molecule has 27 heavy (non-hydrogen) atoms. The summed E-state index contributed by atoms with van der Waals surface area (Å²) in [7, 11) is 2.14. The normalized spacial score (nSPS) is 15.6. The number of benzene rings is 1. The molecule has 1 aliphatic heterocycles. The zero-order chi connectivity index (χ0) is 18.6. The number of H-pyrrole nitrogens is 1. The van der Waals surface area contributed by atoms with Crippen LogP contribution in [0.3, 0.4) is 0 Å². The molecule has 0 aliphatic carbocycles. The molecule has 140 valence electrons. The molecule has 0 bridgehead atoms. The van der Waals surface area contributed by atoms with E-state index in [2.05, 4.69) is 38.9 Å². The third kappa shape index (κ3) is 4.19. The van der Waals surface area contributed by atoms with Crippen LogP contribution in [0, 0.1) is 5.92 Å². The molecular weight excluding hydrogens is 336 g/mol. The number of pyridine rings is 2. The fourth-order valence-electron chi connectivity index (χ4n) is 4.06. The van der Waals surface area contributed by atoms with Gasteiger partial charge in [-0.15, -0.1) is 0 Å². The molecule has 1 aromatic carbocycles. The molecule has 3 aromatic rings. The number of nitrogens with one attached hydrogen (secondary N) is 1. The Kier molecular flexibility index (Phi) is 5.21. The first kappa shape index (κ1) is 17.7. The lowest BCUT2D eigenvalue weighted by Crippen LogP contribution is -2.37. The average Bonchev–Trinajstić information content (AvgIpc) is 2.69. The Morgan fingerprint density at radius 2 is 1.89 bits per heavy atom. The van der Waals surface area contributed by atoms with Crippen LogP contribution in [0.1, 0.15) is 18.5 Å². The second kappa shape index (κ2) is 7.92. The number of rotatable bonds is 5. The minimum Gasteiger partial charge on any atom is -0.371 e. The van der Waals surface area contributed by atoms with Crippen molar-refractivity contribution in [3.63, 3.8) is 0 Å². The summed E-state index contributed by atoms with van der Waals surface area (Å²) in [5.41, 5.74) is 3.26. The summed E-state index contributed by atoms with van der Waals surface area (Å²) in [5, 5.41) is 0.757. The average molecular weight is 362 g/mol. The van der Waals surface area contributed by atoms with Crippen LogP contribution in [0.2, 0.25) is 0 Å². The molecule has 0 atom stereocenters. The van der Waals surface area contributed by atoms with Gasteiger partial charge in [-0.05, 0) is 50.1 Å². The summed E-state index contributed by atoms with van der Waals surface area (Å²) < 4.78 is 0. The number of hydrogen-bond donors (Lipinski definition) is 1. The number of hydrogen-bond acceptors (Lipinski definition) is 4. The Hall–Kier alpha value is -2.66. The highest BCUT2D eigenvalue weighted by atomic mass is 16.1. The smallest absolute Gasteiger partial charge is 0.189 e. The second-order valence-electron chi connectivity index (χ2n) is 7.54. The molecule has 2 aromatic heterocycles. The molecule has 0 unspecified atom stereocenters. The molecule has 5 heteroatoms. The monoisotopic (exact) mass is 362 g/mol. The van der Waals surface area contributed by atoms with E-state index >= 15 is 0 Å². The Bertz CT molecular complexity index is 945. The minimum absolute atomic E-state index is 0.0957. The lowest BCUT2D eigenvalue weighted by Gasteiger charge is -2.35. The van der Waals surface area contributed by atoms with Crippen LogP contribution in [0.25, 0.3) is 10.9 Å². The van der Waals surface area contributed by atoms with E-state index in [0.29, 0.717) is 5.92 Å². The van der Waals surface area contributed by atoms with E-state index in [1.54, 1.807) is 6.07 Å². The molecule has 0 amide bonds. The maximum atomic E-state index is 12.3. The molecule has 1 fully saturated rings. The number of para-hydroxylation sites is 1. The summed E-state index contributed by atoms with van der Waals surface area (Å²) in [6.07, 6.45) is 6.11. The highest BCUT2D eigenvalue weighted by Crippen LogP contribution is 2.23. The van der Waals surface area contributed by atoms with Crippen molar-refractivity contribution in [2.24, 2.45) is 5.92 Å². The van der Waals surface area contributed by atoms with Gasteiger partial charge in [0.05, 0.1) is 0 Å². The summed E-state index contributed by atoms with van der Waals surface area (Å²) in [6.45, 7) is 4.01. The highest BCUT2D eigenvalue weighted by Gasteiger charge is 2.20. The van der Waals surface area contributed by atoms with E-state index in [1.165, 1.54) is 18.5 Å². The number of nitrogens with zero attached hydrogens (tertiary/aromatic N) is 3. The van der Waals surface area contributed by atoms with E-state index in [4.69, 9.17) is 0 Å². The Labute approximate surface area is 159 Å². The minimum atomic E-state index is 0.0957. The van der Waals surface area contributed by atoms with Crippen molar-refractivity contribution in [2.45, 2.75) is 19.4 Å². The molecule has 1 saturated heterocycles. The summed E-state index contributed by atoms with van der Waals surface area (Å²) in [5.74, 6) is 0.695. The second-order valence-corrected chi connectivity index (χ2v) is 7.54. The topological polar surface area (TPSA) is 52.2 Å². The maximum absolute atomic E-state index is 12.3. The molecule has 1 aliphatic rings. The van der Waals surface area contributed by atoms with E-state index in [0.717, 1.165) is 42.8 Å². The van der Waals surface area contributed by atoms with Crippen LogP contribution >= 0.6 is 0 Å². The predicted molar refractivity (Wildman–Crippen MR) is 110 cm³/mol. The Balaban J connectivity index is 1.34. The number of piperidine rings is 1. The Morgan fingerprint density at radius 1 is 1.15 bits per heavy atom. The number of fused-ring (bicyclic) bond motifs is 1. The lowest BCUT2D eigenvalue weighted by molar-refractivity contribution is 0.240. The summed E-state index contributed by atoms with van der Waals surface area (Å²) in [6, 6.07) is 13.6. The molecule has 5 nitrogen and oxygen atoms in total. The van der Waals surface area contributed by atoms with E-state index in [1.807, 2.05) is 36.7 Å². The zero-order valence-corrected chi connectivity index (χ0v) is 15.8. The van der Waals surface area contributed by atoms with Crippen LogP contribution in [-0.4, -0.2) is 41.5 Å². The van der Waals surface area contributed by atoms with Crippen molar-refractivity contribution in [1.82, 2.24) is 14.9 Å². The van der Waals surface area contributed by atoms with Crippen LogP contribution in [0.4, 0.5) is 5.69 Å². The van der Waals surface area contributed by atoms with Crippen LogP contribution < -0.4 is 10.3 Å². The molecule has 1 N–H and O–H groups in total. The van der Waals surface area contributed by atoms with Gasteiger partial charge in [0.2, 0.25) is 0 Å². The molecule has 0 spiro atoms. The molecule has 3 heterocycles. The first-order chi connectivity index (χ1) is 13.2. The van der Waals surface area contributed by atoms with Gasteiger partial charge in [-0.3, -0.25) is 9.78 Å². The molecular formula is C22H26N4O. The first-order valence-electron chi connectivity index (χ1n) is 9.63. The van der Waals surface area contributed by atoms with Gasteiger partial charge < -0.3 is 14.8 Å². The van der Waals surface area contributed by atoms with Gasteiger partial charge in [0.25, 0.3) is 0 Å². The SMILES string of the molecule is CN(Cc1cc(=O)c2ccccc2[nH]1)CC1CCN(c2ccncc2)CC1. The van der Waals surface area contributed by atoms with Crippen molar-refractivity contribution in [3.05, 3.63) is 70.8 Å². The van der Waals surface area contributed by atoms with E-state index in [9.17, 15) is 4.79 Å². The number of aromatic nitrogens is 2. The largest absolute Gasteiger partial charge is 0.371 e. The van der Waals surface area contributed by atoms with Crippen molar-refractivity contribution in [2.75, 3.05) is 31.6 Å². The summed E-state index contributed by atoms with van der Waals surface area (Å²) in [4.78, 5) is 24.6. The van der Waals surface area contributed by atoms with Gasteiger partial charge in [0.15, 0.2) is 5.43 Å². The van der Waals surface area contributed by atoms with E-state index < -0.39 is 0 Å². The van der Waals surface area contributed by atoms with Gasteiger partial charge in [0, 0.05) is 66.9 Å². The predicted octanol–water partition coefficient (Wildman–Crippen LogP) is 3.27. The van der Waals surface area contributed by atoms with Gasteiger partial charge in [-0.1, -0.05) is 12.1 Å². The fourth-order valence-corrected chi connectivity index (χ4v) is 4.06. The quantitative estimate of drug-likeness (QED) is 0.757. The number of anilines is 1. The standard InChI is InChI=1S/C22H26N4O/c1-25(16-18-14-22(27)20-4-2-3-5-21(20)24-18)15-17-8-12-26(13-9-17)19-6-10-23-11-7-19/h2-7,10-11,14,17H,8-9,12-13,15-16H2,1H3,(H,24,27). The van der Waals surface area contributed by atoms with Crippen LogP contribution in [0.15, 0.2) is 59.7 Å². The number of aromatic amines is 1. The fraction of sp³-hybridized carbons (Fsp3) is 0.364. The lowest BCUT2D eigenvalue weighted by atomic mass is 9.96. The van der Waals surface area contributed by atoms with Crippen LogP contribution in [0.5, 0.6) is 0 Å². The first-order valence-corrected chi connectivity index (χ1v) is 9.63. The molecule has 0 radical (unpaired) electrons. The van der Waals surface area contributed by atoms with Crippen molar-refractivity contribution >= 4 is 16.6 Å². The highest BCUT2D eigenvalue weighted by molar-refractivity contribution is 5.78. The maximum Gasteiger partial charge on any atom is 0.189 e. The van der Waals surface area contributed by atoms with Gasteiger partial charge in [-0.25, -0.2) is 0 Å². The molecule has 4 rings (SSSR count). The third-order valence-electron chi connectivity index (χ3n) is 5.45. The van der Waals surface area contributed by atoms with E-state index in [-0.39, 0.29) is 5.43 Å². The Morgan fingerprint density at radius 3 is 2.67 bits per heavy atom. The van der Waals surface area contributed by atoms with Gasteiger partial charge in [-0.2, -0.15) is 0 Å². The van der Waals surface area contributed by atoms with Gasteiger partial charge >= 0.3 is 0 Å². The third-order valence-corrected chi connectivity index (χ3v) is 5.45. The summed E-state index contributed by atoms with van der Waals surface area (Å²) >= 11 is 0. The van der Waals surface area contributed by atoms with Crippen molar-refractivity contribution in [3.8, 4) is 0 Å². The van der Waals surface area contributed by atoms with Gasteiger partial charge in [0.1, 0.15) is 0 Å².